The summed E-state index contributed by atoms with van der Waals surface area (Å²) in [4.78, 5) is 13.4. The van der Waals surface area contributed by atoms with E-state index in [0.717, 1.165) is 24.3 Å². The number of rotatable bonds is 6. The zero-order valence-electron chi connectivity index (χ0n) is 13.7. The van der Waals surface area contributed by atoms with Crippen LogP contribution >= 0.6 is 0 Å². The lowest BCUT2D eigenvalue weighted by Gasteiger charge is -2.09. The number of aryl methyl sites for hydroxylation is 1. The summed E-state index contributed by atoms with van der Waals surface area (Å²) in [5.41, 5.74) is 2.41. The van der Waals surface area contributed by atoms with Gasteiger partial charge < -0.3 is 14.6 Å². The van der Waals surface area contributed by atoms with Crippen LogP contribution in [0.3, 0.4) is 0 Å². The van der Waals surface area contributed by atoms with Crippen LogP contribution in [0, 0.1) is 5.92 Å². The topological polar surface area (TPSA) is 64.9 Å². The van der Waals surface area contributed by atoms with Crippen molar-refractivity contribution in [3.8, 4) is 5.88 Å². The monoisotopic (exact) mass is 311 g/mol. The van der Waals surface area contributed by atoms with Crippen LogP contribution in [0.2, 0.25) is 0 Å². The molecule has 0 spiro atoms. The van der Waals surface area contributed by atoms with Gasteiger partial charge in [0.15, 0.2) is 11.2 Å². The van der Waals surface area contributed by atoms with Gasteiger partial charge in [0.25, 0.3) is 0 Å². The van der Waals surface area contributed by atoms with Crippen LogP contribution in [0.1, 0.15) is 20.3 Å². The molecule has 1 aromatic carbocycles. The molecule has 0 saturated carbocycles. The van der Waals surface area contributed by atoms with Gasteiger partial charge >= 0.3 is 0 Å². The number of nitrogens with one attached hydrogen (secondary N) is 1. The summed E-state index contributed by atoms with van der Waals surface area (Å²) in [6.45, 7) is 5.28. The summed E-state index contributed by atoms with van der Waals surface area (Å²) in [6.07, 6.45) is 2.87. The number of para-hydroxylation sites is 1. The first-order valence-electron chi connectivity index (χ1n) is 7.76. The zero-order chi connectivity index (χ0) is 16.2. The first-order valence-corrected chi connectivity index (χ1v) is 7.76. The molecule has 0 aliphatic carbocycles. The third-order valence-corrected chi connectivity index (χ3v) is 3.60. The smallest absolute Gasteiger partial charge is 0.246 e. The Kier molecular flexibility index (Phi) is 4.41. The Morgan fingerprint density at radius 3 is 2.65 bits per heavy atom. The molecule has 0 aliphatic heterocycles. The van der Waals surface area contributed by atoms with Crippen LogP contribution in [0.25, 0.3) is 11.2 Å². The number of aromatic nitrogens is 4. The van der Waals surface area contributed by atoms with Crippen LogP contribution in [-0.4, -0.2) is 26.6 Å². The summed E-state index contributed by atoms with van der Waals surface area (Å²) < 4.78 is 7.43. The van der Waals surface area contributed by atoms with Gasteiger partial charge in [-0.05, 0) is 24.5 Å². The lowest BCUT2D eigenvalue weighted by atomic mass is 10.1. The lowest BCUT2D eigenvalue weighted by Crippen LogP contribution is -2.04. The van der Waals surface area contributed by atoms with Gasteiger partial charge in [0, 0.05) is 12.2 Å². The molecule has 3 aromatic rings. The summed E-state index contributed by atoms with van der Waals surface area (Å²) in [5, 5.41) is 3.21. The fourth-order valence-corrected chi connectivity index (χ4v) is 2.33. The maximum Gasteiger partial charge on any atom is 0.246 e. The van der Waals surface area contributed by atoms with E-state index in [1.165, 1.54) is 0 Å². The Labute approximate surface area is 135 Å². The van der Waals surface area contributed by atoms with Gasteiger partial charge in [-0.3, -0.25) is 0 Å². The molecule has 0 fully saturated rings. The molecule has 6 heteroatoms. The van der Waals surface area contributed by atoms with Crippen LogP contribution in [-0.2, 0) is 6.54 Å². The number of methoxy groups -OCH3 is 1. The van der Waals surface area contributed by atoms with E-state index in [4.69, 9.17) is 4.74 Å². The zero-order valence-corrected chi connectivity index (χ0v) is 13.7. The fraction of sp³-hybridized carbons (Fsp3) is 0.353. The maximum absolute atomic E-state index is 5.38. The molecule has 2 aromatic heterocycles. The third-order valence-electron chi connectivity index (χ3n) is 3.60. The number of benzene rings is 1. The van der Waals surface area contributed by atoms with E-state index in [-0.39, 0.29) is 0 Å². The van der Waals surface area contributed by atoms with Gasteiger partial charge in [-0.1, -0.05) is 32.0 Å². The van der Waals surface area contributed by atoms with E-state index in [1.54, 1.807) is 13.4 Å². The quantitative estimate of drug-likeness (QED) is 0.753. The average molecular weight is 311 g/mol. The third kappa shape index (κ3) is 3.41. The van der Waals surface area contributed by atoms with E-state index in [0.29, 0.717) is 23.3 Å². The summed E-state index contributed by atoms with van der Waals surface area (Å²) in [6, 6.07) is 9.83. The van der Waals surface area contributed by atoms with Crippen LogP contribution in [0.4, 0.5) is 11.6 Å². The Hall–Kier alpha value is -2.63. The number of imidazole rings is 1. The molecular weight excluding hydrogens is 290 g/mol. The molecule has 3 rings (SSSR count). The van der Waals surface area contributed by atoms with Gasteiger partial charge in [0.1, 0.15) is 0 Å². The summed E-state index contributed by atoms with van der Waals surface area (Å²) in [5.74, 6) is 1.61. The standard InChI is InChI=1S/C17H21N5O/c1-12(2)9-10-22-11-18-14-15(22)20-17(21-16(14)23-3)19-13-7-5-4-6-8-13/h4-8,11-12H,9-10H2,1-3H3,(H,19,20,21). The van der Waals surface area contributed by atoms with Crippen LogP contribution in [0.5, 0.6) is 5.88 Å². The van der Waals surface area contributed by atoms with E-state index in [2.05, 4.69) is 38.7 Å². The summed E-state index contributed by atoms with van der Waals surface area (Å²) >= 11 is 0. The van der Waals surface area contributed by atoms with Crippen molar-refractivity contribution in [3.05, 3.63) is 36.7 Å². The molecular formula is C17H21N5O. The number of hydrogen-bond donors (Lipinski definition) is 1. The van der Waals surface area contributed by atoms with Crippen molar-refractivity contribution in [1.82, 2.24) is 19.5 Å². The predicted molar refractivity (Wildman–Crippen MR) is 91.1 cm³/mol. The number of ether oxygens (including phenoxy) is 1. The SMILES string of the molecule is COc1nc(Nc2ccccc2)nc2c1ncn2CCC(C)C. The average Bonchev–Trinajstić information content (AvgIpc) is 2.96. The highest BCUT2D eigenvalue weighted by atomic mass is 16.5. The maximum atomic E-state index is 5.38. The molecule has 0 radical (unpaired) electrons. The summed E-state index contributed by atoms with van der Waals surface area (Å²) in [7, 11) is 1.60. The lowest BCUT2D eigenvalue weighted by molar-refractivity contribution is 0.402. The molecule has 6 nitrogen and oxygen atoms in total. The van der Waals surface area contributed by atoms with Crippen molar-refractivity contribution in [2.45, 2.75) is 26.8 Å². The largest absolute Gasteiger partial charge is 0.479 e. The molecule has 0 atom stereocenters. The van der Waals surface area contributed by atoms with Crippen molar-refractivity contribution in [2.75, 3.05) is 12.4 Å². The highest BCUT2D eigenvalue weighted by Crippen LogP contribution is 2.24. The van der Waals surface area contributed by atoms with Crippen molar-refractivity contribution in [2.24, 2.45) is 5.92 Å². The second kappa shape index (κ2) is 6.64. The Morgan fingerprint density at radius 1 is 1.17 bits per heavy atom. The normalized spacial score (nSPS) is 11.1. The fourth-order valence-electron chi connectivity index (χ4n) is 2.33. The molecule has 23 heavy (non-hydrogen) atoms. The molecule has 0 unspecified atom stereocenters. The minimum atomic E-state index is 0.483. The highest BCUT2D eigenvalue weighted by Gasteiger charge is 2.14. The molecule has 120 valence electrons. The van der Waals surface area contributed by atoms with Gasteiger partial charge in [-0.2, -0.15) is 9.97 Å². The second-order valence-corrected chi connectivity index (χ2v) is 5.84. The van der Waals surface area contributed by atoms with Gasteiger partial charge in [0.2, 0.25) is 11.8 Å². The Morgan fingerprint density at radius 2 is 1.96 bits per heavy atom. The first kappa shape index (κ1) is 15.3. The van der Waals surface area contributed by atoms with E-state index < -0.39 is 0 Å². The van der Waals surface area contributed by atoms with Crippen molar-refractivity contribution < 1.29 is 4.74 Å². The molecule has 0 aliphatic rings. The molecule has 0 saturated heterocycles. The minimum absolute atomic E-state index is 0.483. The van der Waals surface area contributed by atoms with Crippen LogP contribution in [0.15, 0.2) is 36.7 Å². The van der Waals surface area contributed by atoms with Gasteiger partial charge in [-0.25, -0.2) is 4.98 Å². The van der Waals surface area contributed by atoms with E-state index in [1.807, 2.05) is 30.3 Å². The van der Waals surface area contributed by atoms with Gasteiger partial charge in [-0.15, -0.1) is 0 Å². The number of hydrogen-bond acceptors (Lipinski definition) is 5. The Bertz CT molecular complexity index is 782. The van der Waals surface area contributed by atoms with E-state index >= 15 is 0 Å². The molecule has 1 N–H and O–H groups in total. The van der Waals surface area contributed by atoms with Gasteiger partial charge in [0.05, 0.1) is 13.4 Å². The van der Waals surface area contributed by atoms with Crippen molar-refractivity contribution >= 4 is 22.8 Å². The highest BCUT2D eigenvalue weighted by molar-refractivity contribution is 5.78. The number of nitrogens with zero attached hydrogens (tertiary/aromatic N) is 4. The second-order valence-electron chi connectivity index (χ2n) is 5.84. The molecule has 0 bridgehead atoms. The Balaban J connectivity index is 1.97. The molecule has 0 amide bonds. The molecule has 2 heterocycles. The number of fused-ring (bicyclic) bond motifs is 1. The minimum Gasteiger partial charge on any atom is -0.479 e. The van der Waals surface area contributed by atoms with E-state index in [9.17, 15) is 0 Å². The van der Waals surface area contributed by atoms with Crippen LogP contribution < -0.4 is 10.1 Å². The predicted octanol–water partition coefficient (Wildman–Crippen LogP) is 3.62. The first-order chi connectivity index (χ1) is 11.2. The number of anilines is 2. The van der Waals surface area contributed by atoms with Crippen molar-refractivity contribution in [1.29, 1.82) is 0 Å². The van der Waals surface area contributed by atoms with Crippen molar-refractivity contribution in [3.63, 3.8) is 0 Å².